The molecule has 0 radical (unpaired) electrons. The number of nitrogens with zero attached hydrogens (tertiary/aromatic N) is 4. The number of aryl methyl sites for hydroxylation is 1. The maximum absolute atomic E-state index is 13.1. The van der Waals surface area contributed by atoms with Crippen LogP contribution in [0.5, 0.6) is 0 Å². The molecule has 0 saturated carbocycles. The summed E-state index contributed by atoms with van der Waals surface area (Å²) in [6.07, 6.45) is 1.72. The van der Waals surface area contributed by atoms with Gasteiger partial charge in [0.2, 0.25) is 10.0 Å². The van der Waals surface area contributed by atoms with Gasteiger partial charge in [-0.1, -0.05) is 16.8 Å². The van der Waals surface area contributed by atoms with Crippen LogP contribution in [-0.2, 0) is 16.6 Å². The molecule has 30 heavy (non-hydrogen) atoms. The fraction of sp³-hybridized carbons (Fsp3) is 0.500. The van der Waals surface area contributed by atoms with Crippen LogP contribution in [0.15, 0.2) is 33.7 Å². The number of halogens is 1. The third-order valence-corrected chi connectivity index (χ3v) is 7.81. The van der Waals surface area contributed by atoms with E-state index in [0.29, 0.717) is 45.8 Å². The third kappa shape index (κ3) is 4.39. The van der Waals surface area contributed by atoms with Crippen molar-refractivity contribution in [1.29, 1.82) is 0 Å². The highest BCUT2D eigenvalue weighted by molar-refractivity contribution is 7.89. The molecular formula is C20H25ClN4O4S. The van der Waals surface area contributed by atoms with E-state index in [9.17, 15) is 13.2 Å². The van der Waals surface area contributed by atoms with Crippen LogP contribution < -0.4 is 0 Å². The number of sulfonamides is 1. The topological polar surface area (TPSA) is 87.0 Å². The van der Waals surface area contributed by atoms with Gasteiger partial charge in [-0.15, -0.1) is 0 Å². The Hall–Kier alpha value is -1.94. The maximum atomic E-state index is 13.1. The molecule has 4 rings (SSSR count). The zero-order chi connectivity index (χ0) is 21.3. The normalized spacial score (nSPS) is 18.8. The molecule has 8 nitrogen and oxygen atoms in total. The average molecular weight is 453 g/mol. The lowest BCUT2D eigenvalue weighted by atomic mass is 10.1. The van der Waals surface area contributed by atoms with Gasteiger partial charge in [0.15, 0.2) is 5.76 Å². The molecular weight excluding hydrogens is 428 g/mol. The maximum Gasteiger partial charge on any atom is 0.255 e. The Labute approximate surface area is 181 Å². The Morgan fingerprint density at radius 2 is 1.80 bits per heavy atom. The smallest absolute Gasteiger partial charge is 0.255 e. The molecule has 10 heteroatoms. The Bertz CT molecular complexity index is 1030. The predicted molar refractivity (Wildman–Crippen MR) is 112 cm³/mol. The van der Waals surface area contributed by atoms with Crippen molar-refractivity contribution in [1.82, 2.24) is 19.3 Å². The highest BCUT2D eigenvalue weighted by Gasteiger charge is 2.30. The number of rotatable bonds is 5. The molecule has 2 fully saturated rings. The lowest BCUT2D eigenvalue weighted by molar-refractivity contribution is 0.0617. The van der Waals surface area contributed by atoms with Crippen LogP contribution >= 0.6 is 11.6 Å². The summed E-state index contributed by atoms with van der Waals surface area (Å²) in [5, 5.41) is 4.16. The molecule has 2 saturated heterocycles. The zero-order valence-electron chi connectivity index (χ0n) is 16.9. The second kappa shape index (κ2) is 8.66. The molecule has 3 heterocycles. The van der Waals surface area contributed by atoms with Gasteiger partial charge in [-0.25, -0.2) is 8.42 Å². The van der Waals surface area contributed by atoms with Gasteiger partial charge in [0.1, 0.15) is 0 Å². The van der Waals surface area contributed by atoms with Gasteiger partial charge in [-0.05, 0) is 38.0 Å². The number of amides is 1. The van der Waals surface area contributed by atoms with E-state index in [0.717, 1.165) is 24.3 Å². The van der Waals surface area contributed by atoms with Crippen molar-refractivity contribution < 1.29 is 17.7 Å². The molecule has 2 aliphatic rings. The summed E-state index contributed by atoms with van der Waals surface area (Å²) in [7, 11) is -3.60. The number of hydrogen-bond donors (Lipinski definition) is 0. The van der Waals surface area contributed by atoms with E-state index in [1.807, 2.05) is 13.0 Å². The monoisotopic (exact) mass is 452 g/mol. The molecule has 0 spiro atoms. The number of aromatic nitrogens is 1. The first kappa shape index (κ1) is 21.3. The second-order valence-corrected chi connectivity index (χ2v) is 10.1. The first-order valence-electron chi connectivity index (χ1n) is 10.1. The standard InChI is InChI=1S/C20H25ClN4O4S/c1-15-12-16(29-22-15)14-23-8-10-24(11-9-23)20(26)18-13-17(4-5-19(18)21)30(27,28)25-6-2-3-7-25/h4-5,12-13H,2-3,6-11,14H2,1H3. The number of benzene rings is 1. The molecule has 0 bridgehead atoms. The summed E-state index contributed by atoms with van der Waals surface area (Å²) in [6, 6.07) is 6.30. The molecule has 162 valence electrons. The van der Waals surface area contributed by atoms with E-state index < -0.39 is 10.0 Å². The summed E-state index contributed by atoms with van der Waals surface area (Å²) in [5.74, 6) is 0.559. The average Bonchev–Trinajstić information content (AvgIpc) is 3.41. The van der Waals surface area contributed by atoms with Crippen molar-refractivity contribution in [3.8, 4) is 0 Å². The first-order chi connectivity index (χ1) is 14.3. The van der Waals surface area contributed by atoms with Crippen LogP contribution in [0.1, 0.15) is 34.7 Å². The molecule has 2 aliphatic heterocycles. The zero-order valence-corrected chi connectivity index (χ0v) is 18.5. The number of carbonyl (C=O) groups excluding carboxylic acids is 1. The van der Waals surface area contributed by atoms with Crippen LogP contribution in [0.4, 0.5) is 0 Å². The third-order valence-electron chi connectivity index (χ3n) is 5.59. The van der Waals surface area contributed by atoms with Crippen molar-refractivity contribution in [2.45, 2.75) is 31.2 Å². The van der Waals surface area contributed by atoms with Gasteiger partial charge in [-0.3, -0.25) is 9.69 Å². The van der Waals surface area contributed by atoms with Crippen LogP contribution in [0.25, 0.3) is 0 Å². The summed E-state index contributed by atoms with van der Waals surface area (Å²) < 4.78 is 32.4. The predicted octanol–water partition coefficient (Wildman–Crippen LogP) is 2.38. The van der Waals surface area contributed by atoms with Crippen LogP contribution in [-0.4, -0.2) is 72.9 Å². The highest BCUT2D eigenvalue weighted by Crippen LogP contribution is 2.26. The SMILES string of the molecule is Cc1cc(CN2CCN(C(=O)c3cc(S(=O)(=O)N4CCCC4)ccc3Cl)CC2)on1. The molecule has 0 unspecified atom stereocenters. The molecule has 1 amide bonds. The molecule has 1 aromatic heterocycles. The fourth-order valence-corrected chi connectivity index (χ4v) is 5.64. The Morgan fingerprint density at radius 3 is 2.43 bits per heavy atom. The van der Waals surface area contributed by atoms with Crippen molar-refractivity contribution in [3.63, 3.8) is 0 Å². The quantitative estimate of drug-likeness (QED) is 0.692. The van der Waals surface area contributed by atoms with Crippen molar-refractivity contribution in [3.05, 3.63) is 46.3 Å². The molecule has 2 aromatic rings. The van der Waals surface area contributed by atoms with Gasteiger partial charge < -0.3 is 9.42 Å². The summed E-state index contributed by atoms with van der Waals surface area (Å²) >= 11 is 6.27. The van der Waals surface area contributed by atoms with E-state index in [2.05, 4.69) is 10.1 Å². The minimum atomic E-state index is -3.60. The van der Waals surface area contributed by atoms with Crippen LogP contribution in [0.2, 0.25) is 5.02 Å². The van der Waals surface area contributed by atoms with E-state index in [1.165, 1.54) is 22.5 Å². The molecule has 0 aliphatic carbocycles. The summed E-state index contributed by atoms with van der Waals surface area (Å²) in [4.78, 5) is 17.1. The lowest BCUT2D eigenvalue weighted by Gasteiger charge is -2.34. The van der Waals surface area contributed by atoms with E-state index >= 15 is 0 Å². The Morgan fingerprint density at radius 1 is 1.10 bits per heavy atom. The van der Waals surface area contributed by atoms with Crippen LogP contribution in [0.3, 0.4) is 0 Å². The van der Waals surface area contributed by atoms with Crippen molar-refractivity contribution >= 4 is 27.5 Å². The van der Waals surface area contributed by atoms with Gasteiger partial charge in [0, 0.05) is 45.3 Å². The minimum absolute atomic E-state index is 0.122. The van der Waals surface area contributed by atoms with Gasteiger partial charge in [-0.2, -0.15) is 4.31 Å². The largest absolute Gasteiger partial charge is 0.360 e. The second-order valence-electron chi connectivity index (χ2n) is 7.76. The van der Waals surface area contributed by atoms with E-state index in [4.69, 9.17) is 16.1 Å². The van der Waals surface area contributed by atoms with Gasteiger partial charge in [0.05, 0.1) is 27.7 Å². The lowest BCUT2D eigenvalue weighted by Crippen LogP contribution is -2.48. The van der Waals surface area contributed by atoms with Crippen molar-refractivity contribution in [2.24, 2.45) is 0 Å². The van der Waals surface area contributed by atoms with E-state index in [-0.39, 0.29) is 21.4 Å². The van der Waals surface area contributed by atoms with E-state index in [1.54, 1.807) is 4.90 Å². The summed E-state index contributed by atoms with van der Waals surface area (Å²) in [5.41, 5.74) is 1.08. The Balaban J connectivity index is 1.44. The molecule has 1 aromatic carbocycles. The Kier molecular flexibility index (Phi) is 6.15. The minimum Gasteiger partial charge on any atom is -0.360 e. The molecule has 0 N–H and O–H groups in total. The van der Waals surface area contributed by atoms with Crippen LogP contribution in [0, 0.1) is 6.92 Å². The van der Waals surface area contributed by atoms with Gasteiger partial charge in [0.25, 0.3) is 5.91 Å². The van der Waals surface area contributed by atoms with Crippen molar-refractivity contribution in [2.75, 3.05) is 39.3 Å². The first-order valence-corrected chi connectivity index (χ1v) is 11.9. The number of carbonyl (C=O) groups is 1. The fourth-order valence-electron chi connectivity index (χ4n) is 3.90. The van der Waals surface area contributed by atoms with Gasteiger partial charge >= 0.3 is 0 Å². The number of hydrogen-bond acceptors (Lipinski definition) is 6. The molecule has 0 atom stereocenters. The number of piperazine rings is 1. The highest BCUT2D eigenvalue weighted by atomic mass is 35.5. The summed E-state index contributed by atoms with van der Waals surface area (Å²) in [6.45, 7) is 6.00.